The lowest BCUT2D eigenvalue weighted by atomic mass is 10.3. The smallest absolute Gasteiger partial charge is 0.173 e. The van der Waals surface area contributed by atoms with E-state index in [0.29, 0.717) is 6.10 Å². The molecule has 1 aliphatic rings. The molecule has 1 atom stereocenters. The second-order valence-electron chi connectivity index (χ2n) is 2.75. The summed E-state index contributed by atoms with van der Waals surface area (Å²) in [6.07, 6.45) is 0.365. The zero-order chi connectivity index (χ0) is 8.39. The first-order chi connectivity index (χ1) is 5.88. The van der Waals surface area contributed by atoms with E-state index in [1.807, 2.05) is 11.8 Å². The molecule has 1 fully saturated rings. The van der Waals surface area contributed by atoms with Crippen LogP contribution in [0.4, 0.5) is 0 Å². The predicted molar refractivity (Wildman–Crippen MR) is 54.6 cm³/mol. The molecule has 1 saturated heterocycles. The third kappa shape index (κ3) is 1.68. The Morgan fingerprint density at radius 3 is 3.17 bits per heavy atom. The summed E-state index contributed by atoms with van der Waals surface area (Å²) in [6.45, 7) is 0.924. The molecule has 0 aliphatic carbocycles. The summed E-state index contributed by atoms with van der Waals surface area (Å²) in [6, 6.07) is 4.22. The summed E-state index contributed by atoms with van der Waals surface area (Å²) in [5.41, 5.74) is 0. The molecule has 0 unspecified atom stereocenters. The average Bonchev–Trinajstić information content (AvgIpc) is 2.57. The summed E-state index contributed by atoms with van der Waals surface area (Å²) < 4.78 is 2.74. The van der Waals surface area contributed by atoms with Gasteiger partial charge in [0.25, 0.3) is 0 Å². The number of thioether (sulfide) groups is 1. The van der Waals surface area contributed by atoms with Crippen molar-refractivity contribution < 1.29 is 4.37 Å². The molecule has 1 nitrogen and oxygen atoms in total. The van der Waals surface area contributed by atoms with Gasteiger partial charge in [0.2, 0.25) is 0 Å². The molecule has 1 aromatic heterocycles. The van der Waals surface area contributed by atoms with E-state index in [1.54, 1.807) is 11.3 Å². The largest absolute Gasteiger partial charge is 0.580 e. The molecule has 0 aromatic carbocycles. The molecule has 2 rings (SSSR count). The summed E-state index contributed by atoms with van der Waals surface area (Å²) in [7, 11) is 5.81. The van der Waals surface area contributed by atoms with E-state index in [0.717, 1.165) is 18.1 Å². The molecule has 1 aromatic rings. The van der Waals surface area contributed by atoms with Crippen LogP contribution < -0.4 is 0 Å². The van der Waals surface area contributed by atoms with Gasteiger partial charge in [0.1, 0.15) is 6.61 Å². The maximum Gasteiger partial charge on any atom is 0.173 e. The van der Waals surface area contributed by atoms with E-state index in [4.69, 9.17) is 7.11 Å². The summed E-state index contributed by atoms with van der Waals surface area (Å²) in [5.74, 6) is 2.23. The van der Waals surface area contributed by atoms with E-state index in [9.17, 15) is 0 Å². The van der Waals surface area contributed by atoms with Crippen molar-refractivity contribution >= 4 is 23.1 Å². The van der Waals surface area contributed by atoms with Gasteiger partial charge in [0, 0.05) is 0 Å². The topological polar surface area (TPSA) is 2.70 Å². The van der Waals surface area contributed by atoms with Crippen LogP contribution in [0.1, 0.15) is 11.0 Å². The van der Waals surface area contributed by atoms with Crippen molar-refractivity contribution in [1.29, 1.82) is 0 Å². The van der Waals surface area contributed by atoms with Crippen LogP contribution in [0.3, 0.4) is 0 Å². The average molecular weight is 199 g/mol. The van der Waals surface area contributed by atoms with E-state index >= 15 is 0 Å². The van der Waals surface area contributed by atoms with Crippen LogP contribution in [-0.4, -0.2) is 18.1 Å². The number of hydrogen-bond acceptors (Lipinski definition) is 2. The van der Waals surface area contributed by atoms with Gasteiger partial charge in [-0.25, -0.2) is 0 Å². The number of thiophene rings is 1. The van der Waals surface area contributed by atoms with E-state index < -0.39 is 0 Å². The SMILES string of the molecule is [CH-][O+]1CCSC[C@@H]1c1cccs1. The first-order valence-electron chi connectivity index (χ1n) is 3.93. The molecule has 0 spiro atoms. The first kappa shape index (κ1) is 8.60. The molecular formula is C9H11OS2. The predicted octanol–water partition coefficient (Wildman–Crippen LogP) is 2.76. The van der Waals surface area contributed by atoms with Crippen molar-refractivity contribution in [3.8, 4) is 0 Å². The molecule has 3 heteroatoms. The molecule has 2 heterocycles. The number of hydrogen-bond donors (Lipinski definition) is 0. The Morgan fingerprint density at radius 2 is 2.50 bits per heavy atom. The van der Waals surface area contributed by atoms with Gasteiger partial charge in [-0.2, -0.15) is 0 Å². The van der Waals surface area contributed by atoms with Crippen molar-refractivity contribution in [1.82, 2.24) is 0 Å². The van der Waals surface area contributed by atoms with E-state index in [-0.39, 0.29) is 0 Å². The molecule has 0 N–H and O–H groups in total. The van der Waals surface area contributed by atoms with Gasteiger partial charge in [-0.3, -0.25) is 0 Å². The Hall–Kier alpha value is 0.01000. The third-order valence-corrected chi connectivity index (χ3v) is 3.92. The first-order valence-corrected chi connectivity index (χ1v) is 5.96. The zero-order valence-electron chi connectivity index (χ0n) is 6.73. The molecule has 1 aliphatic heterocycles. The van der Waals surface area contributed by atoms with E-state index in [1.165, 1.54) is 4.88 Å². The van der Waals surface area contributed by atoms with Gasteiger partial charge in [0.05, 0.1) is 16.4 Å². The highest BCUT2D eigenvalue weighted by Crippen LogP contribution is 2.34. The van der Waals surface area contributed by atoms with Gasteiger partial charge in [-0.15, -0.1) is 30.2 Å². The van der Waals surface area contributed by atoms with Crippen molar-refractivity contribution in [2.24, 2.45) is 0 Å². The van der Waals surface area contributed by atoms with Gasteiger partial charge in [-0.1, -0.05) is 6.07 Å². The monoisotopic (exact) mass is 199 g/mol. The van der Waals surface area contributed by atoms with Gasteiger partial charge < -0.3 is 4.37 Å². The molecule has 0 saturated carbocycles. The van der Waals surface area contributed by atoms with Crippen molar-refractivity contribution in [3.05, 3.63) is 29.5 Å². The summed E-state index contributed by atoms with van der Waals surface area (Å²) in [5, 5.41) is 2.10. The minimum absolute atomic E-state index is 0.365. The fraction of sp³-hybridized carbons (Fsp3) is 0.444. The van der Waals surface area contributed by atoms with Crippen LogP contribution in [0.25, 0.3) is 0 Å². The van der Waals surface area contributed by atoms with Crippen molar-refractivity contribution in [2.45, 2.75) is 6.10 Å². The molecule has 12 heavy (non-hydrogen) atoms. The normalized spacial score (nSPS) is 25.9. The highest BCUT2D eigenvalue weighted by Gasteiger charge is 2.23. The zero-order valence-corrected chi connectivity index (χ0v) is 8.37. The van der Waals surface area contributed by atoms with Crippen molar-refractivity contribution in [3.63, 3.8) is 0 Å². The van der Waals surface area contributed by atoms with E-state index in [2.05, 4.69) is 21.9 Å². The fourth-order valence-electron chi connectivity index (χ4n) is 1.28. The number of rotatable bonds is 1. The lowest BCUT2D eigenvalue weighted by Gasteiger charge is -2.35. The fourth-order valence-corrected chi connectivity index (χ4v) is 3.26. The Bertz CT molecular complexity index is 233. The quantitative estimate of drug-likeness (QED) is 0.496. The Morgan fingerprint density at radius 1 is 1.58 bits per heavy atom. The molecular weight excluding hydrogens is 188 g/mol. The second-order valence-corrected chi connectivity index (χ2v) is 4.88. The van der Waals surface area contributed by atoms with Crippen LogP contribution in [0.2, 0.25) is 0 Å². The molecule has 65 valence electrons. The molecule has 1 radical (unpaired) electrons. The highest BCUT2D eigenvalue weighted by molar-refractivity contribution is 7.99. The van der Waals surface area contributed by atoms with Crippen LogP contribution in [0.5, 0.6) is 0 Å². The lowest BCUT2D eigenvalue weighted by Crippen LogP contribution is -2.23. The van der Waals surface area contributed by atoms with Gasteiger partial charge in [-0.05, 0) is 11.4 Å². The maximum absolute atomic E-state index is 5.81. The second kappa shape index (κ2) is 3.81. The maximum atomic E-state index is 5.81. The standard InChI is InChI=1S/C9H11OS2/c1-10-4-6-11-7-8(10)9-3-2-5-12-9/h1-3,5,8H,4,6-7H2/t8-/m1/s1. The Balaban J connectivity index is 2.11. The molecule has 0 amide bonds. The van der Waals surface area contributed by atoms with Gasteiger partial charge in [0.15, 0.2) is 6.10 Å². The minimum Gasteiger partial charge on any atom is -0.580 e. The van der Waals surface area contributed by atoms with Crippen LogP contribution in [0.15, 0.2) is 17.5 Å². The Labute approximate surface area is 81.4 Å². The Kier molecular flexibility index (Phi) is 2.73. The summed E-state index contributed by atoms with van der Waals surface area (Å²) in [4.78, 5) is 1.36. The molecule has 0 bridgehead atoms. The third-order valence-electron chi connectivity index (χ3n) is 1.96. The summed E-state index contributed by atoms with van der Waals surface area (Å²) >= 11 is 3.75. The highest BCUT2D eigenvalue weighted by atomic mass is 32.2. The van der Waals surface area contributed by atoms with Crippen molar-refractivity contribution in [2.75, 3.05) is 18.1 Å². The van der Waals surface area contributed by atoms with Crippen LogP contribution in [0, 0.1) is 7.11 Å². The van der Waals surface area contributed by atoms with Crippen LogP contribution in [-0.2, 0) is 4.37 Å². The van der Waals surface area contributed by atoms with Gasteiger partial charge >= 0.3 is 0 Å². The minimum atomic E-state index is 0.365. The van der Waals surface area contributed by atoms with Crippen LogP contribution >= 0.6 is 23.1 Å². The lowest BCUT2D eigenvalue weighted by molar-refractivity contribution is -0.112.